The summed E-state index contributed by atoms with van der Waals surface area (Å²) < 4.78 is 9.88. The van der Waals surface area contributed by atoms with E-state index in [1.165, 1.54) is 201 Å². The second-order valence-electron chi connectivity index (χ2n) is 37.2. The molecule has 5 aliphatic carbocycles. The maximum Gasteiger partial charge on any atom is 0.488 e. The number of nitrogens with zero attached hydrogens (tertiary/aromatic N) is 4. The first kappa shape index (κ1) is 98.7. The molecule has 150 heavy (non-hydrogen) atoms. The molecule has 3 N–H and O–H groups in total. The fraction of sp³-hybridized carbons (Fsp3) is 0.0382. The molecule has 0 spiro atoms. The number of hydrogen-bond donors (Lipinski definition) is 3. The fourth-order valence-corrected chi connectivity index (χ4v) is 27.9. The van der Waals surface area contributed by atoms with Crippen LogP contribution in [0.15, 0.2) is 483 Å². The van der Waals surface area contributed by atoms with Crippen LogP contribution in [0.1, 0.15) is 55.6 Å². The van der Waals surface area contributed by atoms with Crippen molar-refractivity contribution in [1.82, 2.24) is 14.0 Å². The quantitative estimate of drug-likeness (QED) is 0.0453. The van der Waals surface area contributed by atoms with Crippen molar-refractivity contribution >= 4 is 232 Å². The van der Waals surface area contributed by atoms with Gasteiger partial charge in [0.15, 0.2) is 0 Å². The van der Waals surface area contributed by atoms with Gasteiger partial charge in [0.1, 0.15) is 0 Å². The number of fused-ring (bicyclic) bond motifs is 30. The molecule has 0 saturated carbocycles. The van der Waals surface area contributed by atoms with E-state index in [2.05, 4.69) is 468 Å². The highest BCUT2D eigenvalue weighted by atomic mass is 127. The zero-order chi connectivity index (χ0) is 102. The Balaban J connectivity index is 0.0000000960. The predicted octanol–water partition coefficient (Wildman–Crippen LogP) is 34.6. The van der Waals surface area contributed by atoms with Crippen LogP contribution in [0.4, 0.5) is 11.4 Å². The van der Waals surface area contributed by atoms with Crippen LogP contribution in [0.2, 0.25) is 0 Å². The maximum absolute atomic E-state index is 11.5. The molecule has 0 fully saturated rings. The molecule has 5 aliphatic rings. The van der Waals surface area contributed by atoms with Crippen LogP contribution in [-0.2, 0) is 32.1 Å². The monoisotopic (exact) mass is 2390 g/mol. The molecule has 0 unspecified atom stereocenters. The van der Waals surface area contributed by atoms with Gasteiger partial charge in [-0.3, -0.25) is 20.2 Å². The van der Waals surface area contributed by atoms with Gasteiger partial charge in [-0.15, -0.1) is 0 Å². The molecule has 724 valence electrons. The van der Waals surface area contributed by atoms with E-state index >= 15 is 0 Å². The Labute approximate surface area is 924 Å². The van der Waals surface area contributed by atoms with Crippen molar-refractivity contribution in [3.05, 3.63) is 563 Å². The Morgan fingerprint density at radius 3 is 1.12 bits per heavy atom. The summed E-state index contributed by atoms with van der Waals surface area (Å²) in [4.78, 5) is 24.7. The van der Waals surface area contributed by atoms with Crippen molar-refractivity contribution in [2.45, 2.75) is 32.1 Å². The molecule has 11 nitrogen and oxygen atoms in total. The van der Waals surface area contributed by atoms with Crippen molar-refractivity contribution in [1.29, 1.82) is 0 Å². The Morgan fingerprint density at radius 2 is 0.620 bits per heavy atom. The third kappa shape index (κ3) is 18.8. The number of para-hydroxylation sites is 7. The normalized spacial score (nSPS) is 11.9. The zero-order valence-electron chi connectivity index (χ0n) is 80.5. The van der Waals surface area contributed by atoms with Gasteiger partial charge in [0.25, 0.3) is 11.4 Å². The molecule has 0 saturated heterocycles. The van der Waals surface area contributed by atoms with Crippen LogP contribution in [0.5, 0.6) is 0 Å². The molecule has 4 aromatic heterocycles. The van der Waals surface area contributed by atoms with Crippen LogP contribution in [0, 0.1) is 23.8 Å². The molecular weight excluding hydrogens is 2310 g/mol. The first-order valence-electron chi connectivity index (χ1n) is 49.4. The smallest absolute Gasteiger partial charge is 0.423 e. The van der Waals surface area contributed by atoms with Crippen molar-refractivity contribution in [2.75, 3.05) is 0 Å². The van der Waals surface area contributed by atoms with Crippen LogP contribution in [0.25, 0.3) is 154 Å². The lowest BCUT2D eigenvalue weighted by Crippen LogP contribution is -2.32. The first-order valence-corrected chi connectivity index (χ1v) is 55.8. The molecule has 21 aromatic carbocycles. The van der Waals surface area contributed by atoms with Gasteiger partial charge in [-0.2, -0.15) is 0 Å². The second kappa shape index (κ2) is 43.1. The Bertz CT molecular complexity index is 9410. The second-order valence-corrected chi connectivity index (χ2v) is 45.0. The van der Waals surface area contributed by atoms with E-state index in [1.807, 2.05) is 78.9 Å². The van der Waals surface area contributed by atoms with Crippen LogP contribution in [0.3, 0.4) is 0 Å². The summed E-state index contributed by atoms with van der Waals surface area (Å²) in [6.45, 7) is 0. The lowest BCUT2D eigenvalue weighted by atomic mass is 9.76. The first-order chi connectivity index (χ1) is 73.5. The van der Waals surface area contributed by atoms with E-state index in [-0.39, 0.29) is 16.3 Å². The predicted molar refractivity (Wildman–Crippen MR) is 650 cm³/mol. The largest absolute Gasteiger partial charge is 0.488 e. The number of nitro groups is 2. The van der Waals surface area contributed by atoms with E-state index in [9.17, 15) is 30.3 Å². The Hall–Kier alpha value is -14.6. The van der Waals surface area contributed by atoms with Crippen LogP contribution in [-0.4, -0.2) is 41.0 Å². The van der Waals surface area contributed by atoms with Gasteiger partial charge in [0.05, 0.1) is 61.9 Å². The lowest BCUT2D eigenvalue weighted by molar-refractivity contribution is -0.386. The molecule has 0 amide bonds. The molecule has 0 bridgehead atoms. The minimum absolute atomic E-state index is 0.0625. The van der Waals surface area contributed by atoms with E-state index in [0.29, 0.717) is 24.4 Å². The molecule has 0 atom stereocenters. The van der Waals surface area contributed by atoms with Gasteiger partial charge in [0.2, 0.25) is 0 Å². The average molecular weight is 2400 g/mol. The van der Waals surface area contributed by atoms with E-state index in [1.54, 1.807) is 30.3 Å². The van der Waals surface area contributed by atoms with Gasteiger partial charge in [-0.1, -0.05) is 376 Å². The number of H-pyrrole nitrogens is 1. The summed E-state index contributed by atoms with van der Waals surface area (Å²) in [6, 6.07) is 160. The molecule has 4 heterocycles. The Kier molecular flexibility index (Phi) is 28.4. The average Bonchev–Trinajstić information content (AvgIpc) is 1.53. The third-order valence-corrected chi connectivity index (χ3v) is 35.2. The number of aromatic nitrogens is 3. The van der Waals surface area contributed by atoms with Crippen molar-refractivity contribution in [3.8, 4) is 72.4 Å². The van der Waals surface area contributed by atoms with E-state index < -0.39 is 20.0 Å². The number of aromatic amines is 1. The topological polar surface area (TPSA) is 152 Å². The van der Waals surface area contributed by atoms with Crippen LogP contribution < -0.4 is 21.4 Å². The van der Waals surface area contributed by atoms with E-state index in [4.69, 9.17) is 0 Å². The van der Waals surface area contributed by atoms with E-state index in [0.717, 1.165) is 63.3 Å². The summed E-state index contributed by atoms with van der Waals surface area (Å²) in [7, 11) is -1.83. The SMILES string of the molecule is Brc1cccc2c1[nH]c1ccc3c(c12)Cc1ccccc1-3.Brc1cccc2c3c4c(ccc3n(-c3ccccc3)c12)-c1ccccc1C4.Ic1ccccc1.O=[N+]([O-])c1c(Br)cccc1-c1cccc2c1Cc1ccccc1-2.O=[N+]([O-])c1c(Br)cccc1Br.OB(O)c1cccc2c1Cc1ccccc1-2.c1ccc(P(c2ccccc2)c2ccccc2)cc1.c1ccc2c(c1)Cc1c-2ccc2c1c1cccc3c4ccccc4n2c31. The van der Waals surface area contributed by atoms with Crippen molar-refractivity contribution < 1.29 is 19.9 Å². The summed E-state index contributed by atoms with van der Waals surface area (Å²) in [5, 5.41) is 55.6. The molecule has 30 rings (SSSR count). The van der Waals surface area contributed by atoms with Crippen molar-refractivity contribution in [3.63, 3.8) is 0 Å². The minimum atomic E-state index is -1.38. The van der Waals surface area contributed by atoms with Crippen molar-refractivity contribution in [2.24, 2.45) is 0 Å². The zero-order valence-corrected chi connectivity index (χ0v) is 91.5. The Morgan fingerprint density at radius 1 is 0.280 bits per heavy atom. The standard InChI is InChI=1S/C25H16BrN.C25H15N.C19H12BrNO2.C19H12BrN.C18H15P.C13H11BO2.C6H3Br2NO2.C6H5I/c26-22-12-6-11-20-24-21-15-16-7-4-5-10-18(16)19(21)13-14-23(24)27(25(20)22)17-8-2-1-3-9-17;1-2-7-16-15(6-1)14-21-17(16)12-13-23-24(21)20-10-5-9-19-18-8-3-4-11-22(18)26(23)25(19)20;20-18-10-4-9-16(19(18)21(22)23)15-8-3-7-14-13-6-2-1-5-12(13)11-17(14)15;20-16-7-3-6-14-18-15-10-11-4-1-2-5-12(11)13(15)8-9-17(18)21-19(14)16;1-4-10-16(11-5-1)19(17-12-6-2-7-13-17)18-14-8-3-9-15-18;15-14(16)13-7-3-6-11-10-5-2-1-4-9(10)8-12(11)13;7-4-2-1-3-5(8)6(4)9(10)11;7-6-4-2-1-3-5-6/h1-14H,15H2;1-13H,14H2;1-10H,11H2;1-9,21H,10H2;1-15H;1-7,15-16H,8H2;1-3H;1-5H. The summed E-state index contributed by atoms with van der Waals surface area (Å²) in [5.74, 6) is 0. The number of nitrogens with one attached hydrogen (secondary N) is 1. The highest BCUT2D eigenvalue weighted by Crippen LogP contribution is 2.52. The highest BCUT2D eigenvalue weighted by molar-refractivity contribution is 14.1. The number of rotatable bonds is 8. The van der Waals surface area contributed by atoms with Gasteiger partial charge >= 0.3 is 7.12 Å². The number of halogens is 6. The molecule has 19 heteroatoms. The maximum atomic E-state index is 11.5. The summed E-state index contributed by atoms with van der Waals surface area (Å²) in [6.07, 6.45) is 4.67. The molecule has 0 aliphatic heterocycles. The number of hydrogen-bond acceptors (Lipinski definition) is 6. The fourth-order valence-electron chi connectivity index (χ4n) is 22.4. The minimum Gasteiger partial charge on any atom is -0.423 e. The summed E-state index contributed by atoms with van der Waals surface area (Å²) >= 11 is 19.2. The number of benzene rings is 21. The molecule has 25 aromatic rings. The molecule has 0 radical (unpaired) electrons. The highest BCUT2D eigenvalue weighted by Gasteiger charge is 2.33. The summed E-state index contributed by atoms with van der Waals surface area (Å²) in [5.41, 5.74) is 39.1. The van der Waals surface area contributed by atoms with Gasteiger partial charge in [-0.25, -0.2) is 0 Å². The van der Waals surface area contributed by atoms with Gasteiger partial charge in [0, 0.05) is 66.8 Å². The number of nitro benzene ring substituents is 2. The third-order valence-electron chi connectivity index (χ3n) is 28.8. The van der Waals surface area contributed by atoms with Gasteiger partial charge in [-0.05, 0) is 365 Å². The molecular formula is C131H89BBr5IN5O6P. The van der Waals surface area contributed by atoms with Crippen LogP contribution >= 0.6 is 110 Å². The lowest BCUT2D eigenvalue weighted by Gasteiger charge is -2.18. The van der Waals surface area contributed by atoms with Gasteiger partial charge < -0.3 is 24.0 Å².